The van der Waals surface area contributed by atoms with E-state index in [2.05, 4.69) is 5.32 Å². The van der Waals surface area contributed by atoms with E-state index in [0.717, 1.165) is 0 Å². The van der Waals surface area contributed by atoms with Crippen molar-refractivity contribution in [2.75, 3.05) is 25.5 Å². The summed E-state index contributed by atoms with van der Waals surface area (Å²) in [4.78, 5) is 24.6. The van der Waals surface area contributed by atoms with Gasteiger partial charge in [0.1, 0.15) is 11.5 Å². The summed E-state index contributed by atoms with van der Waals surface area (Å²) in [6.45, 7) is 2.01. The van der Waals surface area contributed by atoms with E-state index in [-0.39, 0.29) is 12.5 Å². The number of carbonyl (C=O) groups is 2. The minimum atomic E-state index is -0.883. The average molecular weight is 377 g/mol. The van der Waals surface area contributed by atoms with Crippen LogP contribution in [0.2, 0.25) is 5.02 Å². The van der Waals surface area contributed by atoms with Crippen LogP contribution < -0.4 is 10.1 Å². The zero-order valence-corrected chi connectivity index (χ0v) is 15.4. The number of hydrogen-bond acceptors (Lipinski definition) is 4. The van der Waals surface area contributed by atoms with Crippen molar-refractivity contribution in [3.05, 3.63) is 53.6 Å². The number of carbonyl (C=O) groups excluding carboxylic acids is 1. The third-order valence-electron chi connectivity index (χ3n) is 3.62. The Bertz CT molecular complexity index is 764. The highest BCUT2D eigenvalue weighted by Crippen LogP contribution is 2.29. The summed E-state index contributed by atoms with van der Waals surface area (Å²) in [6, 6.07) is 14.1. The molecule has 0 bridgehead atoms. The van der Waals surface area contributed by atoms with Crippen LogP contribution in [-0.4, -0.2) is 42.0 Å². The number of aliphatic carboxylic acids is 1. The molecule has 7 heteroatoms. The Kier molecular flexibility index (Phi) is 7.00. The second kappa shape index (κ2) is 9.22. The van der Waals surface area contributed by atoms with Gasteiger partial charge in [0.05, 0.1) is 17.5 Å². The number of nitrogens with zero attached hydrogens (tertiary/aromatic N) is 1. The van der Waals surface area contributed by atoms with Gasteiger partial charge in [0.25, 0.3) is 0 Å². The lowest BCUT2D eigenvalue weighted by molar-refractivity contribution is -0.141. The minimum Gasteiger partial charge on any atom is -0.481 e. The molecule has 0 aliphatic rings. The molecule has 1 unspecified atom stereocenters. The number of para-hydroxylation sites is 1. The molecule has 0 spiro atoms. The molecule has 2 aromatic rings. The Morgan fingerprint density at radius 1 is 1.19 bits per heavy atom. The predicted molar refractivity (Wildman–Crippen MR) is 101 cm³/mol. The number of benzene rings is 2. The van der Waals surface area contributed by atoms with Crippen LogP contribution in [0, 0.1) is 5.92 Å². The fourth-order valence-corrected chi connectivity index (χ4v) is 2.49. The number of carboxylic acids is 1. The van der Waals surface area contributed by atoms with Crippen LogP contribution in [0.1, 0.15) is 6.92 Å². The molecule has 0 saturated heterocycles. The van der Waals surface area contributed by atoms with Gasteiger partial charge in [0.15, 0.2) is 0 Å². The molecule has 1 amide bonds. The summed E-state index contributed by atoms with van der Waals surface area (Å²) in [5.74, 6) is -0.478. The fraction of sp³-hybridized carbons (Fsp3) is 0.263. The highest BCUT2D eigenvalue weighted by Gasteiger charge is 2.15. The molecule has 0 aliphatic carbocycles. The first kappa shape index (κ1) is 19.8. The van der Waals surface area contributed by atoms with Crippen LogP contribution in [0.25, 0.3) is 0 Å². The van der Waals surface area contributed by atoms with Gasteiger partial charge in [0.2, 0.25) is 5.91 Å². The molecule has 0 fully saturated rings. The number of amides is 1. The largest absolute Gasteiger partial charge is 0.481 e. The topological polar surface area (TPSA) is 78.9 Å². The number of carboxylic acid groups (broad SMARTS) is 1. The first-order valence-electron chi connectivity index (χ1n) is 8.09. The summed E-state index contributed by atoms with van der Waals surface area (Å²) >= 11 is 6.05. The maximum atomic E-state index is 12.0. The number of nitrogens with one attached hydrogen (secondary N) is 1. The summed E-state index contributed by atoms with van der Waals surface area (Å²) in [5, 5.41) is 12.2. The van der Waals surface area contributed by atoms with Crippen LogP contribution in [-0.2, 0) is 9.59 Å². The quantitative estimate of drug-likeness (QED) is 0.734. The monoisotopic (exact) mass is 376 g/mol. The van der Waals surface area contributed by atoms with E-state index in [4.69, 9.17) is 21.4 Å². The van der Waals surface area contributed by atoms with Crippen molar-refractivity contribution in [2.45, 2.75) is 6.92 Å². The number of halogens is 1. The van der Waals surface area contributed by atoms with Gasteiger partial charge in [-0.15, -0.1) is 0 Å². The van der Waals surface area contributed by atoms with E-state index < -0.39 is 11.9 Å². The van der Waals surface area contributed by atoms with Gasteiger partial charge in [-0.05, 0) is 43.4 Å². The van der Waals surface area contributed by atoms with Gasteiger partial charge in [-0.3, -0.25) is 14.5 Å². The van der Waals surface area contributed by atoms with E-state index in [9.17, 15) is 9.59 Å². The second-order valence-corrected chi connectivity index (χ2v) is 6.45. The van der Waals surface area contributed by atoms with Gasteiger partial charge in [0, 0.05) is 12.2 Å². The highest BCUT2D eigenvalue weighted by atomic mass is 35.5. The van der Waals surface area contributed by atoms with E-state index in [1.807, 2.05) is 12.1 Å². The molecule has 2 N–H and O–H groups in total. The zero-order chi connectivity index (χ0) is 19.1. The number of ether oxygens (including phenoxy) is 1. The molecule has 0 aromatic heterocycles. The molecule has 1 atom stereocenters. The lowest BCUT2D eigenvalue weighted by Gasteiger charge is -2.18. The molecular weight excluding hydrogens is 356 g/mol. The Balaban J connectivity index is 1.87. The van der Waals surface area contributed by atoms with Gasteiger partial charge in [-0.1, -0.05) is 30.7 Å². The van der Waals surface area contributed by atoms with Crippen molar-refractivity contribution in [3.8, 4) is 11.5 Å². The fourth-order valence-electron chi connectivity index (χ4n) is 2.32. The average Bonchev–Trinajstić information content (AvgIpc) is 2.58. The molecule has 0 aliphatic heterocycles. The molecular formula is C19H21ClN2O4. The van der Waals surface area contributed by atoms with Crippen molar-refractivity contribution < 1.29 is 19.4 Å². The maximum absolute atomic E-state index is 12.0. The number of likely N-dealkylation sites (N-methyl/N-ethyl adjacent to an activating group) is 1. The van der Waals surface area contributed by atoms with Gasteiger partial charge >= 0.3 is 5.97 Å². The van der Waals surface area contributed by atoms with Crippen LogP contribution >= 0.6 is 11.6 Å². The summed E-state index contributed by atoms with van der Waals surface area (Å²) in [7, 11) is 1.71. The van der Waals surface area contributed by atoms with E-state index >= 15 is 0 Å². The lowest BCUT2D eigenvalue weighted by atomic mass is 10.2. The Morgan fingerprint density at radius 3 is 2.46 bits per heavy atom. The van der Waals surface area contributed by atoms with E-state index in [0.29, 0.717) is 28.8 Å². The molecule has 2 rings (SSSR count). The SMILES string of the molecule is CC(CN(C)CC(=O)Nc1ccc(Oc2ccccc2Cl)cc1)C(=O)O. The molecule has 0 radical (unpaired) electrons. The van der Waals surface area contributed by atoms with Crippen LogP contribution in [0.3, 0.4) is 0 Å². The van der Waals surface area contributed by atoms with Crippen molar-refractivity contribution in [2.24, 2.45) is 5.92 Å². The Morgan fingerprint density at radius 2 is 1.85 bits per heavy atom. The predicted octanol–water partition coefficient (Wildman–Crippen LogP) is 3.72. The zero-order valence-electron chi connectivity index (χ0n) is 14.6. The number of rotatable bonds is 8. The second-order valence-electron chi connectivity index (χ2n) is 6.04. The Hall–Kier alpha value is -2.57. The van der Waals surface area contributed by atoms with Gasteiger partial charge < -0.3 is 15.2 Å². The molecule has 0 saturated carbocycles. The third-order valence-corrected chi connectivity index (χ3v) is 3.94. The van der Waals surface area contributed by atoms with Crippen LogP contribution in [0.4, 0.5) is 5.69 Å². The first-order valence-corrected chi connectivity index (χ1v) is 8.46. The Labute approximate surface area is 157 Å². The molecule has 6 nitrogen and oxygen atoms in total. The standard InChI is InChI=1S/C19H21ClN2O4/c1-13(19(24)25)11-22(2)12-18(23)21-14-7-9-15(10-8-14)26-17-6-4-3-5-16(17)20/h3-10,13H,11-12H2,1-2H3,(H,21,23)(H,24,25). The first-order chi connectivity index (χ1) is 12.3. The normalized spacial score (nSPS) is 11.8. The third kappa shape index (κ3) is 6.06. The van der Waals surface area contributed by atoms with E-state index in [1.165, 1.54) is 0 Å². The summed E-state index contributed by atoms with van der Waals surface area (Å²) in [5.41, 5.74) is 0.626. The van der Waals surface area contributed by atoms with Crippen LogP contribution in [0.15, 0.2) is 48.5 Å². The lowest BCUT2D eigenvalue weighted by Crippen LogP contribution is -2.35. The van der Waals surface area contributed by atoms with Crippen molar-refractivity contribution in [3.63, 3.8) is 0 Å². The van der Waals surface area contributed by atoms with Gasteiger partial charge in [-0.2, -0.15) is 0 Å². The number of anilines is 1. The van der Waals surface area contributed by atoms with E-state index in [1.54, 1.807) is 55.3 Å². The molecule has 0 heterocycles. The van der Waals surface area contributed by atoms with Crippen molar-refractivity contribution in [1.82, 2.24) is 4.90 Å². The highest BCUT2D eigenvalue weighted by molar-refractivity contribution is 6.32. The summed E-state index contributed by atoms with van der Waals surface area (Å²) < 4.78 is 5.69. The summed E-state index contributed by atoms with van der Waals surface area (Å²) in [6.07, 6.45) is 0. The smallest absolute Gasteiger partial charge is 0.307 e. The maximum Gasteiger partial charge on any atom is 0.307 e. The van der Waals surface area contributed by atoms with Gasteiger partial charge in [-0.25, -0.2) is 0 Å². The number of hydrogen-bond donors (Lipinski definition) is 2. The van der Waals surface area contributed by atoms with Crippen molar-refractivity contribution in [1.29, 1.82) is 0 Å². The van der Waals surface area contributed by atoms with Crippen LogP contribution in [0.5, 0.6) is 11.5 Å². The molecule has 26 heavy (non-hydrogen) atoms. The minimum absolute atomic E-state index is 0.107. The van der Waals surface area contributed by atoms with Crippen molar-refractivity contribution >= 4 is 29.2 Å². The molecule has 2 aromatic carbocycles. The molecule has 138 valence electrons.